The van der Waals surface area contributed by atoms with E-state index in [1.54, 1.807) is 38.1 Å². The van der Waals surface area contributed by atoms with Crippen LogP contribution in [0.1, 0.15) is 62.2 Å². The van der Waals surface area contributed by atoms with Crippen LogP contribution < -0.4 is 58.9 Å². The molecule has 32 heteroatoms. The quantitative estimate of drug-likeness (QED) is 0.0181. The number of aliphatic hydroxyl groups excluding tert-OH is 1. The second-order valence-electron chi connectivity index (χ2n) is 22.1. The highest BCUT2D eigenvalue weighted by Gasteiger charge is 2.36. The highest BCUT2D eigenvalue weighted by atomic mass is 32.1. The zero-order chi connectivity index (χ0) is 67.6. The van der Waals surface area contributed by atoms with E-state index in [4.69, 9.17) is 5.73 Å². The first-order valence-electron chi connectivity index (χ1n) is 29.2. The largest absolute Gasteiger partial charge is 0.508 e. The van der Waals surface area contributed by atoms with Crippen molar-refractivity contribution in [1.82, 2.24) is 73.1 Å². The molecular formula is C60H79N15O15S2. The minimum absolute atomic E-state index is 0.0475. The van der Waals surface area contributed by atoms with Crippen molar-refractivity contribution in [3.05, 3.63) is 132 Å². The molecule has 0 saturated carbocycles. The van der Waals surface area contributed by atoms with E-state index in [2.05, 4.69) is 98.4 Å². The smallest absolute Gasteiger partial charge is 0.326 e. The number of carbonyl (C=O) groups excluding carboxylic acids is 10. The van der Waals surface area contributed by atoms with Crippen LogP contribution in [0, 0.1) is 5.92 Å². The molecule has 0 aliphatic carbocycles. The van der Waals surface area contributed by atoms with Crippen molar-refractivity contribution >= 4 is 90.3 Å². The minimum atomic E-state index is -1.76. The fraction of sp³-hybridized carbons (Fsp3) is 0.417. The van der Waals surface area contributed by atoms with Gasteiger partial charge in [-0.3, -0.25) is 47.9 Å². The van der Waals surface area contributed by atoms with Crippen LogP contribution in [-0.2, 0) is 84.8 Å². The average molecular weight is 1310 g/mol. The summed E-state index contributed by atoms with van der Waals surface area (Å²) in [5, 5.41) is 65.6. The van der Waals surface area contributed by atoms with Crippen LogP contribution in [0.3, 0.4) is 0 Å². The molecule has 5 aromatic rings. The van der Waals surface area contributed by atoms with Crippen molar-refractivity contribution in [3.63, 3.8) is 0 Å². The highest BCUT2D eigenvalue weighted by molar-refractivity contribution is 7.80. The van der Waals surface area contributed by atoms with Crippen LogP contribution in [0.4, 0.5) is 0 Å². The maximum absolute atomic E-state index is 14.7. The Bertz CT molecular complexity index is 3270. The molecule has 2 aromatic heterocycles. The second kappa shape index (κ2) is 36.4. The van der Waals surface area contributed by atoms with E-state index < -0.39 is 138 Å². The molecule has 92 heavy (non-hydrogen) atoms. The Morgan fingerprint density at radius 3 is 1.35 bits per heavy atom. The molecular weight excluding hydrogens is 1230 g/mol. The summed E-state index contributed by atoms with van der Waals surface area (Å²) in [5.74, 6) is -11.5. The Morgan fingerprint density at radius 1 is 0.478 bits per heavy atom. The fourth-order valence-corrected chi connectivity index (χ4v) is 9.59. The molecule has 0 radical (unpaired) electrons. The van der Waals surface area contributed by atoms with E-state index in [0.29, 0.717) is 22.5 Å². The molecule has 496 valence electrons. The van der Waals surface area contributed by atoms with Gasteiger partial charge in [0, 0.05) is 61.0 Å². The number of aromatic hydroxyl groups is 2. The van der Waals surface area contributed by atoms with Crippen molar-refractivity contribution in [3.8, 4) is 11.5 Å². The number of aromatic nitrogens is 4. The monoisotopic (exact) mass is 1310 g/mol. The number of aliphatic hydroxyl groups is 1. The number of nitrogens with two attached hydrogens (primary N) is 1. The summed E-state index contributed by atoms with van der Waals surface area (Å²) in [7, 11) is 0. The van der Waals surface area contributed by atoms with Crippen LogP contribution in [0.2, 0.25) is 0 Å². The van der Waals surface area contributed by atoms with Crippen LogP contribution in [0.25, 0.3) is 0 Å². The topological polar surface area (TPSA) is 472 Å². The molecule has 2 heterocycles. The third kappa shape index (κ3) is 24.0. The van der Waals surface area contributed by atoms with E-state index in [1.165, 1.54) is 80.5 Å². The van der Waals surface area contributed by atoms with Gasteiger partial charge in [0.15, 0.2) is 0 Å². The van der Waals surface area contributed by atoms with Gasteiger partial charge in [0.05, 0.1) is 31.3 Å². The van der Waals surface area contributed by atoms with E-state index in [9.17, 15) is 73.2 Å². The van der Waals surface area contributed by atoms with Gasteiger partial charge < -0.3 is 89.3 Å². The van der Waals surface area contributed by atoms with E-state index in [-0.39, 0.29) is 67.4 Å². The molecule has 0 saturated heterocycles. The highest BCUT2D eigenvalue weighted by Crippen LogP contribution is 2.16. The molecule has 30 nitrogen and oxygen atoms in total. The summed E-state index contributed by atoms with van der Waals surface area (Å²) in [6.45, 7) is 5.19. The van der Waals surface area contributed by atoms with Crippen LogP contribution >= 0.6 is 25.3 Å². The molecule has 10 amide bonds. The van der Waals surface area contributed by atoms with E-state index in [0.717, 1.165) is 12.5 Å². The van der Waals surface area contributed by atoms with Gasteiger partial charge >= 0.3 is 5.97 Å². The first-order chi connectivity index (χ1) is 43.7. The van der Waals surface area contributed by atoms with Gasteiger partial charge in [-0.1, -0.05) is 68.4 Å². The summed E-state index contributed by atoms with van der Waals surface area (Å²) in [6.07, 6.45) is 3.09. The first-order valence-corrected chi connectivity index (χ1v) is 30.4. The van der Waals surface area contributed by atoms with E-state index >= 15 is 0 Å². The van der Waals surface area contributed by atoms with Crippen molar-refractivity contribution in [2.24, 2.45) is 11.7 Å². The molecule has 0 aliphatic heterocycles. The predicted octanol–water partition coefficient (Wildman–Crippen LogP) is -2.75. The Balaban J connectivity index is 1.29. The van der Waals surface area contributed by atoms with Crippen molar-refractivity contribution in [2.45, 2.75) is 133 Å². The number of amides is 10. The number of rotatable bonds is 36. The summed E-state index contributed by atoms with van der Waals surface area (Å²) in [4.78, 5) is 164. The molecule has 0 spiro atoms. The van der Waals surface area contributed by atoms with Crippen LogP contribution in [0.5, 0.6) is 11.5 Å². The SMILES string of the molecule is CC(C)C[C@H](NC(=O)[C@H](CS)NC(=O)[C@@H](NC(=O)CNC(=O)[C@H](Cc1ccc(O)cc1)NC(=O)[C@H](Cc1ccc(O)cc1)NC(=O)[C@H](Cc1cnc[nH]1)NC(=O)[C@H](CS)NC(=O)[C@H](C)NC(=O)[C@@H](N)Cc1ccccc1)[C@@H](C)O)C(=O)N[C@@H](Cc1cnc[nH]1)C(=O)O. The minimum Gasteiger partial charge on any atom is -0.508 e. The maximum Gasteiger partial charge on any atom is 0.326 e. The second-order valence-corrected chi connectivity index (χ2v) is 22.8. The van der Waals surface area contributed by atoms with Gasteiger partial charge in [0.1, 0.15) is 65.9 Å². The Hall–Kier alpha value is -9.53. The fourth-order valence-electron chi connectivity index (χ4n) is 9.07. The lowest BCUT2D eigenvalue weighted by Crippen LogP contribution is -2.61. The molecule has 11 atom stereocenters. The number of aliphatic carboxylic acids is 1. The lowest BCUT2D eigenvalue weighted by molar-refractivity contribution is -0.142. The summed E-state index contributed by atoms with van der Waals surface area (Å²) < 4.78 is 0. The molecule has 3 aromatic carbocycles. The number of carboxylic acid groups (broad SMARTS) is 1. The first kappa shape index (κ1) is 73.2. The maximum atomic E-state index is 14.7. The number of thiol groups is 2. The Labute approximate surface area is 540 Å². The van der Waals surface area contributed by atoms with Gasteiger partial charge in [-0.05, 0) is 73.6 Å². The van der Waals surface area contributed by atoms with Crippen molar-refractivity contribution < 1.29 is 73.2 Å². The molecule has 18 N–H and O–H groups in total. The number of hydrogen-bond acceptors (Lipinski definition) is 19. The molecule has 0 bridgehead atoms. The van der Waals surface area contributed by atoms with Crippen molar-refractivity contribution in [1.29, 1.82) is 0 Å². The third-order valence-corrected chi connectivity index (χ3v) is 14.8. The predicted molar refractivity (Wildman–Crippen MR) is 339 cm³/mol. The zero-order valence-electron chi connectivity index (χ0n) is 50.8. The number of nitrogens with zero attached hydrogens (tertiary/aromatic N) is 2. The van der Waals surface area contributed by atoms with Crippen LogP contribution in [0.15, 0.2) is 104 Å². The summed E-state index contributed by atoms with van der Waals surface area (Å²) in [5.41, 5.74) is 8.47. The number of imidazole rings is 2. The van der Waals surface area contributed by atoms with Gasteiger partial charge in [-0.2, -0.15) is 25.3 Å². The third-order valence-electron chi connectivity index (χ3n) is 14.1. The Kier molecular flexibility index (Phi) is 28.9. The molecule has 0 aliphatic rings. The number of phenols is 2. The number of aromatic amines is 2. The Morgan fingerprint density at radius 2 is 0.891 bits per heavy atom. The van der Waals surface area contributed by atoms with Gasteiger partial charge in [0.2, 0.25) is 59.1 Å². The summed E-state index contributed by atoms with van der Waals surface area (Å²) in [6, 6.07) is 6.03. The number of carbonyl (C=O) groups is 11. The lowest BCUT2D eigenvalue weighted by atomic mass is 10.0. The van der Waals surface area contributed by atoms with Gasteiger partial charge in [-0.25, -0.2) is 14.8 Å². The number of carboxylic acids is 1. The van der Waals surface area contributed by atoms with Gasteiger partial charge in [0.25, 0.3) is 0 Å². The normalized spacial score (nSPS) is 14.7. The average Bonchev–Trinajstić information content (AvgIpc) is 1.57. The lowest BCUT2D eigenvalue weighted by Gasteiger charge is -2.27. The number of benzene rings is 3. The number of nitrogens with one attached hydrogen (secondary N) is 12. The molecule has 0 fully saturated rings. The van der Waals surface area contributed by atoms with E-state index in [1.807, 2.05) is 6.07 Å². The zero-order valence-corrected chi connectivity index (χ0v) is 52.5. The number of H-pyrrole nitrogens is 2. The molecule has 5 rings (SSSR count). The summed E-state index contributed by atoms with van der Waals surface area (Å²) >= 11 is 8.46. The molecule has 0 unspecified atom stereocenters. The van der Waals surface area contributed by atoms with Crippen molar-refractivity contribution in [2.75, 3.05) is 18.1 Å². The number of hydrogen-bond donors (Lipinski definition) is 19. The van der Waals surface area contributed by atoms with Gasteiger partial charge in [-0.15, -0.1) is 0 Å². The standard InChI is InChI=1S/C60H79N15O15S2/c1-31(2)18-42(54(83)72-46(60(89)90)23-38-25-63-30-66-38)68-58(87)48(28-92)74-59(88)50(33(4)76)75-49(79)26-64-53(82)43(20-35-10-14-39(77)15-11-35)69-55(84)44(21-36-12-16-40(78)17-13-36)70-56(85)45(22-37-24-62-29-65-37)71-57(86)47(27-91)73-51(80)32(3)67-52(81)41(61)19-34-8-6-5-7-9-34/h5-17,24-25,29-33,41-48,50,76-78,91-92H,18-23,26-28,61H2,1-4H3,(H,62,65)(H,63,66)(H,64,82)(H,67,81)(H,68,87)(H,69,84)(H,70,85)(H,71,86)(H,72,83)(H,73,80)(H,74,88)(H,75,79)(H,89,90)/t32-,33+,41-,42-,43-,44-,45-,46-,47-,48-,50-/m0/s1. The number of phenolic OH excluding ortho intramolecular Hbond substituents is 2. The van der Waals surface area contributed by atoms with Crippen LogP contribution in [-0.4, -0.2) is 190 Å².